The topological polar surface area (TPSA) is 66.5 Å². The molecule has 1 fully saturated rings. The smallest absolute Gasteiger partial charge is 0.253 e. The van der Waals surface area contributed by atoms with Crippen molar-refractivity contribution in [3.8, 4) is 0 Å². The number of fused-ring (bicyclic) bond motifs is 2. The minimum Gasteiger partial charge on any atom is -0.359 e. The fourth-order valence-electron chi connectivity index (χ4n) is 5.03. The molecule has 0 bridgehead atoms. The molecule has 3 N–H and O–H groups in total. The monoisotopic (exact) mass is 417 g/mol. The Balaban J connectivity index is 1.43. The van der Waals surface area contributed by atoms with Crippen LogP contribution in [0.25, 0.3) is 10.9 Å². The number of rotatable bonds is 3. The standard InChI is InChI=1S/C25H31N5O/c1-4-30-21-8-6-5-7-17(21)14-23(30)24-27-20-13-18(9-10-22(20)28(24)3)25(31)29-12-11-16(2)19(26)15-29/h5-10,13-14,16,19,24,27H,4,11-12,15,26H2,1-3H3. The number of hydrogen-bond acceptors (Lipinski definition) is 4. The molecular weight excluding hydrogens is 386 g/mol. The summed E-state index contributed by atoms with van der Waals surface area (Å²) < 4.78 is 2.36. The molecule has 0 saturated carbocycles. The Hall–Kier alpha value is -2.99. The highest BCUT2D eigenvalue weighted by Crippen LogP contribution is 2.42. The number of anilines is 2. The van der Waals surface area contributed by atoms with Gasteiger partial charge >= 0.3 is 0 Å². The number of hydrogen-bond donors (Lipinski definition) is 2. The Morgan fingerprint density at radius 3 is 2.77 bits per heavy atom. The number of para-hydroxylation sites is 1. The SMILES string of the molecule is CCn1c(C2Nc3cc(C(=O)N4CCC(C)C(N)C4)ccc3N2C)cc2ccccc21. The molecule has 1 aromatic heterocycles. The van der Waals surface area contributed by atoms with Gasteiger partial charge in [-0.1, -0.05) is 25.1 Å². The van der Waals surface area contributed by atoms with Gasteiger partial charge in [0.1, 0.15) is 6.17 Å². The largest absolute Gasteiger partial charge is 0.359 e. The number of piperidine rings is 1. The van der Waals surface area contributed by atoms with E-state index in [-0.39, 0.29) is 18.1 Å². The third-order valence-electron chi connectivity index (χ3n) is 7.05. The van der Waals surface area contributed by atoms with Gasteiger partial charge in [-0.2, -0.15) is 0 Å². The van der Waals surface area contributed by atoms with E-state index in [1.54, 1.807) is 0 Å². The summed E-state index contributed by atoms with van der Waals surface area (Å²) in [4.78, 5) is 17.3. The maximum atomic E-state index is 13.1. The van der Waals surface area contributed by atoms with E-state index < -0.39 is 0 Å². The van der Waals surface area contributed by atoms with E-state index in [0.717, 1.165) is 36.4 Å². The average molecular weight is 418 g/mol. The summed E-state index contributed by atoms with van der Waals surface area (Å²) in [6.45, 7) is 6.65. The normalized spacial score (nSPS) is 23.2. The quantitative estimate of drug-likeness (QED) is 0.675. The first-order valence-electron chi connectivity index (χ1n) is 11.2. The van der Waals surface area contributed by atoms with Gasteiger partial charge < -0.3 is 25.4 Å². The van der Waals surface area contributed by atoms with Crippen molar-refractivity contribution in [1.82, 2.24) is 9.47 Å². The van der Waals surface area contributed by atoms with Crippen molar-refractivity contribution in [2.24, 2.45) is 11.7 Å². The molecule has 6 nitrogen and oxygen atoms in total. The van der Waals surface area contributed by atoms with Crippen LogP contribution in [0.5, 0.6) is 0 Å². The lowest BCUT2D eigenvalue weighted by Gasteiger charge is -2.35. The molecule has 162 valence electrons. The Morgan fingerprint density at radius 1 is 1.19 bits per heavy atom. The molecule has 2 aromatic carbocycles. The molecule has 5 rings (SSSR count). The highest BCUT2D eigenvalue weighted by molar-refractivity contribution is 5.97. The fraction of sp³-hybridized carbons (Fsp3) is 0.400. The van der Waals surface area contributed by atoms with Gasteiger partial charge in [0.05, 0.1) is 17.1 Å². The maximum Gasteiger partial charge on any atom is 0.253 e. The molecule has 3 unspecified atom stereocenters. The molecule has 3 aromatic rings. The van der Waals surface area contributed by atoms with Crippen LogP contribution in [0.3, 0.4) is 0 Å². The Kier molecular flexibility index (Phi) is 4.89. The van der Waals surface area contributed by atoms with Gasteiger partial charge in [-0.25, -0.2) is 0 Å². The molecule has 3 heterocycles. The van der Waals surface area contributed by atoms with Gasteiger partial charge in [0.2, 0.25) is 0 Å². The number of nitrogens with two attached hydrogens (primary N) is 1. The van der Waals surface area contributed by atoms with Crippen molar-refractivity contribution in [2.45, 2.75) is 39.0 Å². The second-order valence-electron chi connectivity index (χ2n) is 8.94. The molecule has 6 heteroatoms. The maximum absolute atomic E-state index is 13.1. The molecule has 0 radical (unpaired) electrons. The van der Waals surface area contributed by atoms with Crippen LogP contribution >= 0.6 is 0 Å². The van der Waals surface area contributed by atoms with Crippen molar-refractivity contribution in [3.05, 3.63) is 59.8 Å². The average Bonchev–Trinajstić information content (AvgIpc) is 3.32. The predicted octanol–water partition coefficient (Wildman–Crippen LogP) is 4.03. The lowest BCUT2D eigenvalue weighted by molar-refractivity contribution is 0.0672. The third kappa shape index (κ3) is 3.26. The van der Waals surface area contributed by atoms with Crippen LogP contribution in [0, 0.1) is 5.92 Å². The number of nitrogens with zero attached hydrogens (tertiary/aromatic N) is 3. The first-order chi connectivity index (χ1) is 15.0. The van der Waals surface area contributed by atoms with E-state index in [1.165, 1.54) is 16.6 Å². The van der Waals surface area contributed by atoms with Crippen molar-refractivity contribution >= 4 is 28.2 Å². The molecule has 0 spiro atoms. The van der Waals surface area contributed by atoms with E-state index in [0.29, 0.717) is 12.5 Å². The van der Waals surface area contributed by atoms with Crippen LogP contribution in [0.2, 0.25) is 0 Å². The van der Waals surface area contributed by atoms with Crippen molar-refractivity contribution in [2.75, 3.05) is 30.4 Å². The lowest BCUT2D eigenvalue weighted by Crippen LogP contribution is -2.49. The Morgan fingerprint density at radius 2 is 2.00 bits per heavy atom. The number of benzene rings is 2. The minimum absolute atomic E-state index is 0.0250. The van der Waals surface area contributed by atoms with Crippen LogP contribution in [-0.4, -0.2) is 41.6 Å². The van der Waals surface area contributed by atoms with Crippen molar-refractivity contribution in [1.29, 1.82) is 0 Å². The first kappa shape index (κ1) is 19.9. The second kappa shape index (κ2) is 7.61. The van der Waals surface area contributed by atoms with Crippen LogP contribution < -0.4 is 16.0 Å². The number of carbonyl (C=O) groups is 1. The van der Waals surface area contributed by atoms with Gasteiger partial charge in [-0.05, 0) is 49.6 Å². The van der Waals surface area contributed by atoms with Crippen LogP contribution in [-0.2, 0) is 6.54 Å². The Bertz CT molecular complexity index is 1140. The summed E-state index contributed by atoms with van der Waals surface area (Å²) in [6, 6.07) is 16.8. The van der Waals surface area contributed by atoms with Crippen LogP contribution in [0.4, 0.5) is 11.4 Å². The third-order valence-corrected chi connectivity index (χ3v) is 7.05. The number of aromatic nitrogens is 1. The molecular formula is C25H31N5O. The van der Waals surface area contributed by atoms with E-state index in [9.17, 15) is 4.79 Å². The van der Waals surface area contributed by atoms with Gasteiger partial charge in [-0.3, -0.25) is 4.79 Å². The summed E-state index contributed by atoms with van der Waals surface area (Å²) in [5.41, 5.74) is 11.5. The summed E-state index contributed by atoms with van der Waals surface area (Å²) in [5, 5.41) is 4.91. The number of amides is 1. The molecule has 31 heavy (non-hydrogen) atoms. The minimum atomic E-state index is 0.0250. The van der Waals surface area contributed by atoms with Gasteiger partial charge in [0, 0.05) is 49.2 Å². The molecule has 3 atom stereocenters. The van der Waals surface area contributed by atoms with Crippen LogP contribution in [0.1, 0.15) is 42.5 Å². The van der Waals surface area contributed by atoms with Crippen molar-refractivity contribution < 1.29 is 4.79 Å². The van der Waals surface area contributed by atoms with Crippen LogP contribution in [0.15, 0.2) is 48.5 Å². The number of nitrogens with one attached hydrogen (secondary N) is 1. The van der Waals surface area contributed by atoms with E-state index in [1.807, 2.05) is 17.0 Å². The number of likely N-dealkylation sites (tertiary alicyclic amines) is 1. The van der Waals surface area contributed by atoms with E-state index in [4.69, 9.17) is 5.73 Å². The fourth-order valence-corrected chi connectivity index (χ4v) is 5.03. The molecule has 2 aliphatic heterocycles. The van der Waals surface area contributed by atoms with E-state index >= 15 is 0 Å². The Labute approximate surface area is 183 Å². The van der Waals surface area contributed by atoms with Gasteiger partial charge in [0.25, 0.3) is 5.91 Å². The predicted molar refractivity (Wildman–Crippen MR) is 126 cm³/mol. The summed E-state index contributed by atoms with van der Waals surface area (Å²) in [6.07, 6.45) is 0.986. The highest BCUT2D eigenvalue weighted by Gasteiger charge is 2.32. The zero-order valence-electron chi connectivity index (χ0n) is 18.5. The molecule has 1 amide bonds. The van der Waals surface area contributed by atoms with Gasteiger partial charge in [0.15, 0.2) is 0 Å². The second-order valence-corrected chi connectivity index (χ2v) is 8.94. The van der Waals surface area contributed by atoms with Crippen molar-refractivity contribution in [3.63, 3.8) is 0 Å². The molecule has 1 saturated heterocycles. The summed E-state index contributed by atoms with van der Waals surface area (Å²) in [5.74, 6) is 0.534. The summed E-state index contributed by atoms with van der Waals surface area (Å²) >= 11 is 0. The number of aryl methyl sites for hydroxylation is 1. The molecule has 2 aliphatic rings. The number of carbonyl (C=O) groups excluding carboxylic acids is 1. The van der Waals surface area contributed by atoms with E-state index in [2.05, 4.69) is 72.1 Å². The zero-order valence-corrected chi connectivity index (χ0v) is 18.5. The zero-order chi connectivity index (χ0) is 21.7. The first-order valence-corrected chi connectivity index (χ1v) is 11.2. The lowest BCUT2D eigenvalue weighted by atomic mass is 9.94. The summed E-state index contributed by atoms with van der Waals surface area (Å²) in [7, 11) is 2.10. The molecule has 0 aliphatic carbocycles. The van der Waals surface area contributed by atoms with Gasteiger partial charge in [-0.15, -0.1) is 0 Å². The highest BCUT2D eigenvalue weighted by atomic mass is 16.2.